The van der Waals surface area contributed by atoms with Crippen LogP contribution in [0.1, 0.15) is 37.3 Å². The number of rotatable bonds is 5. The number of benzene rings is 1. The van der Waals surface area contributed by atoms with Crippen molar-refractivity contribution in [1.29, 1.82) is 0 Å². The zero-order chi connectivity index (χ0) is 17.1. The van der Waals surface area contributed by atoms with Crippen LogP contribution in [-0.2, 0) is 9.47 Å². The van der Waals surface area contributed by atoms with Crippen LogP contribution in [0.4, 0.5) is 4.79 Å². The number of hydrogen-bond acceptors (Lipinski definition) is 4. The normalized spacial score (nSPS) is 27.8. The quantitative estimate of drug-likeness (QED) is 0.890. The molecular weight excluding hydrogens is 320 g/mol. The Balaban J connectivity index is 1.41. The van der Waals surface area contributed by atoms with Crippen molar-refractivity contribution in [3.63, 3.8) is 0 Å². The second-order valence-electron chi connectivity index (χ2n) is 7.03. The number of para-hydroxylation sites is 1. The van der Waals surface area contributed by atoms with Gasteiger partial charge in [-0.05, 0) is 31.7 Å². The fourth-order valence-corrected chi connectivity index (χ4v) is 3.83. The number of ether oxygens (including phenoxy) is 3. The Hall–Kier alpha value is -1.79. The number of carbonyl (C=O) groups excluding carboxylic acids is 1. The zero-order valence-corrected chi connectivity index (χ0v) is 14.5. The number of fused-ring (bicyclic) bond motifs is 1. The minimum atomic E-state index is -0.0970. The summed E-state index contributed by atoms with van der Waals surface area (Å²) in [6.07, 6.45) is 4.46. The average Bonchev–Trinajstić information content (AvgIpc) is 3.37. The SMILES string of the molecule is O=C(N[C@@H]1COc2ccccc21)N(C[C@@H]1CCCO1)C[C@@H]1CCCO1. The van der Waals surface area contributed by atoms with E-state index in [9.17, 15) is 4.79 Å². The van der Waals surface area contributed by atoms with Crippen molar-refractivity contribution in [3.05, 3.63) is 29.8 Å². The van der Waals surface area contributed by atoms with E-state index < -0.39 is 0 Å². The first-order chi connectivity index (χ1) is 12.3. The van der Waals surface area contributed by atoms with Crippen LogP contribution >= 0.6 is 0 Å². The Morgan fingerprint density at radius 1 is 1.08 bits per heavy atom. The lowest BCUT2D eigenvalue weighted by molar-refractivity contribution is 0.0491. The molecule has 4 rings (SSSR count). The van der Waals surface area contributed by atoms with Crippen LogP contribution in [0.15, 0.2) is 24.3 Å². The second-order valence-corrected chi connectivity index (χ2v) is 7.03. The molecule has 2 saturated heterocycles. The van der Waals surface area contributed by atoms with Crippen molar-refractivity contribution in [2.45, 2.75) is 43.9 Å². The van der Waals surface area contributed by atoms with Gasteiger partial charge in [-0.25, -0.2) is 4.79 Å². The molecule has 2 fully saturated rings. The summed E-state index contributed by atoms with van der Waals surface area (Å²) < 4.78 is 17.2. The highest BCUT2D eigenvalue weighted by Crippen LogP contribution is 2.31. The summed E-state index contributed by atoms with van der Waals surface area (Å²) in [6.45, 7) is 3.33. The fourth-order valence-electron chi connectivity index (χ4n) is 3.83. The molecule has 0 saturated carbocycles. The van der Waals surface area contributed by atoms with Crippen LogP contribution < -0.4 is 10.1 Å². The number of carbonyl (C=O) groups is 1. The van der Waals surface area contributed by atoms with E-state index in [4.69, 9.17) is 14.2 Å². The van der Waals surface area contributed by atoms with Gasteiger partial charge in [0.15, 0.2) is 0 Å². The van der Waals surface area contributed by atoms with E-state index in [1.54, 1.807) is 0 Å². The van der Waals surface area contributed by atoms with Crippen LogP contribution in [0.5, 0.6) is 5.75 Å². The van der Waals surface area contributed by atoms with Gasteiger partial charge in [0.1, 0.15) is 12.4 Å². The van der Waals surface area contributed by atoms with Crippen LogP contribution in [0.3, 0.4) is 0 Å². The minimum Gasteiger partial charge on any atom is -0.491 e. The molecule has 3 heterocycles. The van der Waals surface area contributed by atoms with Gasteiger partial charge in [0.25, 0.3) is 0 Å². The number of hydrogen-bond donors (Lipinski definition) is 1. The maximum Gasteiger partial charge on any atom is 0.318 e. The first-order valence-corrected chi connectivity index (χ1v) is 9.30. The van der Waals surface area contributed by atoms with E-state index in [0.29, 0.717) is 19.7 Å². The Labute approximate surface area is 148 Å². The standard InChI is InChI=1S/C19H26N2O4/c22-19(20-17-13-25-18-8-2-1-7-16(17)18)21(11-14-5-3-9-23-14)12-15-6-4-10-24-15/h1-2,7-8,14-15,17H,3-6,9-13H2,(H,20,22)/t14-,15-,17+/m0/s1. The third-order valence-electron chi connectivity index (χ3n) is 5.18. The van der Waals surface area contributed by atoms with Crippen molar-refractivity contribution in [1.82, 2.24) is 10.2 Å². The minimum absolute atomic E-state index is 0.0590. The van der Waals surface area contributed by atoms with Gasteiger partial charge < -0.3 is 24.4 Å². The van der Waals surface area contributed by atoms with E-state index in [-0.39, 0.29) is 24.3 Å². The van der Waals surface area contributed by atoms with Gasteiger partial charge in [-0.2, -0.15) is 0 Å². The molecule has 1 aromatic carbocycles. The molecule has 1 aromatic rings. The van der Waals surface area contributed by atoms with Gasteiger partial charge in [-0.1, -0.05) is 18.2 Å². The molecule has 3 atom stereocenters. The predicted octanol–water partition coefficient (Wildman–Crippen LogP) is 2.49. The molecule has 3 aliphatic heterocycles. The number of urea groups is 1. The van der Waals surface area contributed by atoms with E-state index >= 15 is 0 Å². The van der Waals surface area contributed by atoms with Gasteiger partial charge in [-0.15, -0.1) is 0 Å². The molecule has 25 heavy (non-hydrogen) atoms. The molecule has 0 radical (unpaired) electrons. The number of nitrogens with zero attached hydrogens (tertiary/aromatic N) is 1. The molecule has 1 N–H and O–H groups in total. The van der Waals surface area contributed by atoms with Gasteiger partial charge in [0.05, 0.1) is 18.2 Å². The molecule has 6 heteroatoms. The van der Waals surface area contributed by atoms with Crippen LogP contribution in [0.2, 0.25) is 0 Å². The summed E-state index contributed by atoms with van der Waals surface area (Å²) in [5.41, 5.74) is 1.05. The van der Waals surface area contributed by atoms with Crippen molar-refractivity contribution < 1.29 is 19.0 Å². The lowest BCUT2D eigenvalue weighted by atomic mass is 10.1. The van der Waals surface area contributed by atoms with Crippen LogP contribution in [0.25, 0.3) is 0 Å². The van der Waals surface area contributed by atoms with Crippen molar-refractivity contribution >= 4 is 6.03 Å². The molecule has 0 aromatic heterocycles. The molecule has 2 amide bonds. The number of amides is 2. The van der Waals surface area contributed by atoms with Crippen molar-refractivity contribution in [3.8, 4) is 5.75 Å². The van der Waals surface area contributed by atoms with Gasteiger partial charge in [0, 0.05) is 31.9 Å². The molecule has 3 aliphatic rings. The summed E-state index contributed by atoms with van der Waals surface area (Å²) in [5, 5.41) is 3.13. The highest BCUT2D eigenvalue weighted by molar-refractivity contribution is 5.75. The first-order valence-electron chi connectivity index (χ1n) is 9.30. The summed E-state index contributed by atoms with van der Waals surface area (Å²) >= 11 is 0. The summed E-state index contributed by atoms with van der Waals surface area (Å²) in [4.78, 5) is 14.8. The third-order valence-corrected chi connectivity index (χ3v) is 5.18. The van der Waals surface area contributed by atoms with Gasteiger partial charge in [0.2, 0.25) is 0 Å². The fraction of sp³-hybridized carbons (Fsp3) is 0.632. The topological polar surface area (TPSA) is 60.0 Å². The van der Waals surface area contributed by atoms with Gasteiger partial charge >= 0.3 is 6.03 Å². The molecule has 0 bridgehead atoms. The van der Waals surface area contributed by atoms with E-state index in [1.165, 1.54) is 0 Å². The molecule has 6 nitrogen and oxygen atoms in total. The highest BCUT2D eigenvalue weighted by Gasteiger charge is 2.30. The Kier molecular flexibility index (Phi) is 5.08. The average molecular weight is 346 g/mol. The molecule has 0 spiro atoms. The monoisotopic (exact) mass is 346 g/mol. The molecule has 0 aliphatic carbocycles. The largest absolute Gasteiger partial charge is 0.491 e. The Morgan fingerprint density at radius 3 is 2.40 bits per heavy atom. The van der Waals surface area contributed by atoms with E-state index in [1.807, 2.05) is 29.2 Å². The Morgan fingerprint density at radius 2 is 1.76 bits per heavy atom. The summed E-state index contributed by atoms with van der Waals surface area (Å²) in [7, 11) is 0. The molecule has 136 valence electrons. The lowest BCUT2D eigenvalue weighted by Gasteiger charge is -2.29. The summed E-state index contributed by atoms with van der Waals surface area (Å²) in [5.74, 6) is 0.859. The van der Waals surface area contributed by atoms with Gasteiger partial charge in [-0.3, -0.25) is 0 Å². The molecule has 0 unspecified atom stereocenters. The summed E-state index contributed by atoms with van der Waals surface area (Å²) in [6, 6.07) is 7.72. The third kappa shape index (κ3) is 3.90. The first kappa shape index (κ1) is 16.7. The lowest BCUT2D eigenvalue weighted by Crippen LogP contribution is -2.48. The van der Waals surface area contributed by atoms with E-state index in [2.05, 4.69) is 5.32 Å². The zero-order valence-electron chi connectivity index (χ0n) is 14.5. The van der Waals surface area contributed by atoms with Crippen molar-refractivity contribution in [2.24, 2.45) is 0 Å². The maximum absolute atomic E-state index is 12.9. The smallest absolute Gasteiger partial charge is 0.318 e. The maximum atomic E-state index is 12.9. The second kappa shape index (κ2) is 7.62. The van der Waals surface area contributed by atoms with Crippen LogP contribution in [0, 0.1) is 0 Å². The van der Waals surface area contributed by atoms with Crippen molar-refractivity contribution in [2.75, 3.05) is 32.9 Å². The number of nitrogens with one attached hydrogen (secondary N) is 1. The predicted molar refractivity (Wildman–Crippen MR) is 92.7 cm³/mol. The van der Waals surface area contributed by atoms with Crippen LogP contribution in [-0.4, -0.2) is 56.0 Å². The van der Waals surface area contributed by atoms with E-state index in [0.717, 1.165) is 50.2 Å². The Bertz CT molecular complexity index is 579. The molecular formula is C19H26N2O4. The highest BCUT2D eigenvalue weighted by atomic mass is 16.5.